The first-order valence-corrected chi connectivity index (χ1v) is 11.0. The van der Waals surface area contributed by atoms with Crippen LogP contribution < -0.4 is 10.6 Å². The predicted molar refractivity (Wildman–Crippen MR) is 122 cm³/mol. The van der Waals surface area contributed by atoms with Gasteiger partial charge in [0.25, 0.3) is 5.91 Å². The van der Waals surface area contributed by atoms with Crippen molar-refractivity contribution in [3.8, 4) is 11.1 Å². The number of hydrogen-bond acceptors (Lipinski definition) is 4. The van der Waals surface area contributed by atoms with Crippen molar-refractivity contribution >= 4 is 17.6 Å². The Kier molecular flexibility index (Phi) is 5.67. The molecule has 1 saturated heterocycles. The summed E-state index contributed by atoms with van der Waals surface area (Å²) < 4.78 is 0. The maximum atomic E-state index is 13.3. The lowest BCUT2D eigenvalue weighted by Gasteiger charge is -2.25. The van der Waals surface area contributed by atoms with E-state index in [2.05, 4.69) is 13.8 Å². The topological polar surface area (TPSA) is 79.5 Å². The Labute approximate surface area is 183 Å². The molecule has 2 aliphatic rings. The lowest BCUT2D eigenvalue weighted by Crippen LogP contribution is -2.35. The van der Waals surface area contributed by atoms with E-state index in [1.807, 2.05) is 44.2 Å². The number of hydrogen-bond donors (Lipinski definition) is 1. The van der Waals surface area contributed by atoms with Crippen molar-refractivity contribution in [2.45, 2.75) is 53.5 Å². The first kappa shape index (κ1) is 21.2. The number of rotatable bonds is 5. The Hall–Kier alpha value is -2.99. The van der Waals surface area contributed by atoms with Crippen molar-refractivity contribution in [1.82, 2.24) is 9.88 Å². The molecule has 3 amide bonds. The fourth-order valence-corrected chi connectivity index (χ4v) is 4.51. The minimum absolute atomic E-state index is 0.275. The molecular formula is C25H30N4O2. The van der Waals surface area contributed by atoms with Gasteiger partial charge in [0.05, 0.1) is 11.4 Å². The van der Waals surface area contributed by atoms with Crippen molar-refractivity contribution in [1.29, 1.82) is 0 Å². The van der Waals surface area contributed by atoms with Crippen molar-refractivity contribution in [3.63, 3.8) is 0 Å². The van der Waals surface area contributed by atoms with Gasteiger partial charge in [-0.25, -0.2) is 9.69 Å². The highest BCUT2D eigenvalue weighted by Gasteiger charge is 2.44. The highest BCUT2D eigenvalue weighted by atomic mass is 16.2. The van der Waals surface area contributed by atoms with Crippen molar-refractivity contribution in [2.75, 3.05) is 11.4 Å². The second kappa shape index (κ2) is 8.27. The third kappa shape index (κ3) is 3.65. The van der Waals surface area contributed by atoms with Gasteiger partial charge in [0, 0.05) is 24.3 Å². The van der Waals surface area contributed by atoms with Gasteiger partial charge in [-0.3, -0.25) is 14.7 Å². The molecule has 2 N–H and O–H groups in total. The average Bonchev–Trinajstić information content (AvgIpc) is 2.99. The van der Waals surface area contributed by atoms with Crippen LogP contribution in [0.5, 0.6) is 0 Å². The summed E-state index contributed by atoms with van der Waals surface area (Å²) in [7, 11) is 0. The van der Waals surface area contributed by atoms with Crippen LogP contribution in [-0.4, -0.2) is 28.4 Å². The second-order valence-electron chi connectivity index (χ2n) is 8.82. The van der Waals surface area contributed by atoms with E-state index in [0.29, 0.717) is 29.5 Å². The molecule has 2 aliphatic heterocycles. The minimum Gasteiger partial charge on any atom is -0.326 e. The molecule has 3 heterocycles. The van der Waals surface area contributed by atoms with E-state index in [-0.39, 0.29) is 18.5 Å². The fraction of sp³-hybridized carbons (Fsp3) is 0.400. The number of aromatic nitrogens is 1. The molecule has 0 spiro atoms. The summed E-state index contributed by atoms with van der Waals surface area (Å²) in [4.78, 5) is 34.4. The molecule has 1 aromatic carbocycles. The van der Waals surface area contributed by atoms with E-state index < -0.39 is 0 Å². The molecule has 162 valence electrons. The number of fused-ring (bicyclic) bond motifs is 1. The van der Waals surface area contributed by atoms with Crippen molar-refractivity contribution < 1.29 is 9.59 Å². The Balaban J connectivity index is 1.98. The van der Waals surface area contributed by atoms with Gasteiger partial charge < -0.3 is 5.73 Å². The first-order valence-electron chi connectivity index (χ1n) is 11.0. The van der Waals surface area contributed by atoms with Crippen LogP contribution in [0, 0.1) is 19.8 Å². The molecule has 0 radical (unpaired) electrons. The summed E-state index contributed by atoms with van der Waals surface area (Å²) >= 11 is 0. The summed E-state index contributed by atoms with van der Waals surface area (Å²) in [6, 6.07) is 7.84. The third-order valence-electron chi connectivity index (χ3n) is 5.96. The molecule has 0 saturated carbocycles. The van der Waals surface area contributed by atoms with Crippen LogP contribution in [0.15, 0.2) is 36.0 Å². The van der Waals surface area contributed by atoms with Crippen LogP contribution in [-0.2, 0) is 17.8 Å². The Morgan fingerprint density at radius 3 is 2.45 bits per heavy atom. The van der Waals surface area contributed by atoms with Crippen LogP contribution >= 0.6 is 0 Å². The molecule has 6 nitrogen and oxygen atoms in total. The molecule has 0 unspecified atom stereocenters. The van der Waals surface area contributed by atoms with E-state index in [0.717, 1.165) is 47.2 Å². The monoisotopic (exact) mass is 418 g/mol. The number of anilines is 1. The number of imide groups is 1. The van der Waals surface area contributed by atoms with Gasteiger partial charge in [-0.05, 0) is 50.2 Å². The molecule has 0 aliphatic carbocycles. The number of pyridine rings is 1. The van der Waals surface area contributed by atoms with Crippen molar-refractivity contribution in [3.05, 3.63) is 58.6 Å². The standard InChI is InChI=1S/C25H30N4O2/c1-15(2)13-20-19(14-26)22(18-10-8-16(3)9-11-18)23(17(4)27-20)29-24(30)21-7-5-6-12-28(21)25(29)31/h7-11,15H,5-6,12-14,26H2,1-4H3. The summed E-state index contributed by atoms with van der Waals surface area (Å²) in [6.45, 7) is 9.06. The van der Waals surface area contributed by atoms with E-state index in [4.69, 9.17) is 10.7 Å². The fourth-order valence-electron chi connectivity index (χ4n) is 4.51. The van der Waals surface area contributed by atoms with Crippen molar-refractivity contribution in [2.24, 2.45) is 11.7 Å². The third-order valence-corrected chi connectivity index (χ3v) is 5.96. The number of nitrogens with two attached hydrogens (primary N) is 1. The normalized spacial score (nSPS) is 16.3. The zero-order valence-corrected chi connectivity index (χ0v) is 18.7. The number of aryl methyl sites for hydroxylation is 2. The Morgan fingerprint density at radius 2 is 1.84 bits per heavy atom. The van der Waals surface area contributed by atoms with Crippen LogP contribution in [0.3, 0.4) is 0 Å². The maximum absolute atomic E-state index is 13.3. The molecule has 2 aromatic rings. The Morgan fingerprint density at radius 1 is 1.13 bits per heavy atom. The number of carbonyl (C=O) groups is 2. The van der Waals surface area contributed by atoms with E-state index in [1.165, 1.54) is 4.90 Å². The molecule has 31 heavy (non-hydrogen) atoms. The highest BCUT2D eigenvalue weighted by molar-refractivity contribution is 6.28. The molecule has 4 rings (SSSR count). The maximum Gasteiger partial charge on any atom is 0.336 e. The summed E-state index contributed by atoms with van der Waals surface area (Å²) in [5.74, 6) is 0.130. The molecule has 1 fully saturated rings. The second-order valence-corrected chi connectivity index (χ2v) is 8.82. The quantitative estimate of drug-likeness (QED) is 0.727. The lowest BCUT2D eigenvalue weighted by molar-refractivity contribution is -0.114. The van der Waals surface area contributed by atoms with Gasteiger partial charge in [0.2, 0.25) is 0 Å². The predicted octanol–water partition coefficient (Wildman–Crippen LogP) is 4.47. The molecule has 1 aromatic heterocycles. The molecule has 0 bridgehead atoms. The van der Waals surface area contributed by atoms with Gasteiger partial charge in [-0.2, -0.15) is 0 Å². The average molecular weight is 419 g/mol. The number of benzene rings is 1. The number of nitrogens with zero attached hydrogens (tertiary/aromatic N) is 3. The molecular weight excluding hydrogens is 388 g/mol. The van der Waals surface area contributed by atoms with E-state index in [1.54, 1.807) is 4.90 Å². The first-order chi connectivity index (χ1) is 14.8. The van der Waals surface area contributed by atoms with Crippen LogP contribution in [0.2, 0.25) is 0 Å². The number of allylic oxidation sites excluding steroid dienone is 1. The lowest BCUT2D eigenvalue weighted by atomic mass is 9.92. The molecule has 0 atom stereocenters. The van der Waals surface area contributed by atoms with Gasteiger partial charge >= 0.3 is 6.03 Å². The van der Waals surface area contributed by atoms with E-state index in [9.17, 15) is 9.59 Å². The summed E-state index contributed by atoms with van der Waals surface area (Å²) in [5.41, 5.74) is 12.7. The Bertz CT molecular complexity index is 1070. The zero-order valence-electron chi connectivity index (χ0n) is 18.7. The van der Waals surface area contributed by atoms with Crippen LogP contribution in [0.4, 0.5) is 10.5 Å². The summed E-state index contributed by atoms with van der Waals surface area (Å²) in [5, 5.41) is 0. The zero-order chi connectivity index (χ0) is 22.3. The largest absolute Gasteiger partial charge is 0.336 e. The number of amides is 3. The van der Waals surface area contributed by atoms with Gasteiger partial charge in [-0.15, -0.1) is 0 Å². The summed E-state index contributed by atoms with van der Waals surface area (Å²) in [6.07, 6.45) is 4.32. The van der Waals surface area contributed by atoms with Gasteiger partial charge in [0.1, 0.15) is 5.70 Å². The smallest absolute Gasteiger partial charge is 0.326 e. The number of urea groups is 1. The SMILES string of the molecule is Cc1ccc(-c2c(CN)c(CC(C)C)nc(C)c2N2C(=O)C3=CCCCN3C2=O)cc1. The molecule has 6 heteroatoms. The van der Waals surface area contributed by atoms with Gasteiger partial charge in [0.15, 0.2) is 0 Å². The minimum atomic E-state index is -0.297. The van der Waals surface area contributed by atoms with E-state index >= 15 is 0 Å². The van der Waals surface area contributed by atoms with Crippen LogP contribution in [0.25, 0.3) is 11.1 Å². The highest BCUT2D eigenvalue weighted by Crippen LogP contribution is 2.41. The van der Waals surface area contributed by atoms with Gasteiger partial charge in [-0.1, -0.05) is 49.8 Å². The van der Waals surface area contributed by atoms with Crippen LogP contribution in [0.1, 0.15) is 49.2 Å². The number of carbonyl (C=O) groups excluding carboxylic acids is 2.